The summed E-state index contributed by atoms with van der Waals surface area (Å²) in [6.45, 7) is 11.5. The highest BCUT2D eigenvalue weighted by Gasteiger charge is 2.28. The third-order valence-corrected chi connectivity index (χ3v) is 13.6. The van der Waals surface area contributed by atoms with Crippen molar-refractivity contribution in [1.82, 2.24) is 56.8 Å². The highest BCUT2D eigenvalue weighted by molar-refractivity contribution is 5.93. The Balaban J connectivity index is 1.49. The molecule has 86 heavy (non-hydrogen) atoms. The minimum absolute atomic E-state index is 0.0161. The largest absolute Gasteiger partial charge is 0.508 e. The number of rotatable bonds is 36. The van der Waals surface area contributed by atoms with E-state index < -0.39 is 47.7 Å². The molecule has 14 N–H and O–H groups in total. The molecule has 1 fully saturated rings. The zero-order valence-electron chi connectivity index (χ0n) is 49.7. The number of carbonyl (C=O) groups is 9. The molecule has 2 aromatic carbocycles. The van der Waals surface area contributed by atoms with Crippen molar-refractivity contribution in [2.45, 2.75) is 83.7 Å². The van der Waals surface area contributed by atoms with Gasteiger partial charge in [0.15, 0.2) is 5.96 Å². The number of aliphatic carboxylic acids is 3. The van der Waals surface area contributed by atoms with E-state index in [1.165, 1.54) is 12.1 Å². The number of phenolic OH excluding ortho intramolecular Hbond substituents is 1. The van der Waals surface area contributed by atoms with Crippen molar-refractivity contribution in [2.75, 3.05) is 123 Å². The zero-order chi connectivity index (χ0) is 63.1. The number of nitrogens with two attached hydrogens (primary N) is 1. The average Bonchev–Trinajstić information content (AvgIpc) is 3.58. The minimum Gasteiger partial charge on any atom is -0.508 e. The summed E-state index contributed by atoms with van der Waals surface area (Å²) in [5.74, 6) is -5.48. The standard InChI is InChI=1S/C59H90N14O13/c1-4-6-8-13-43(3)55(57(85)68-48(56(84)67-38-44-16-22-47(74)23-17-44)14-11-25-65-58(60)69-59(86)66-29-28-64-49(75)5-2)45-18-20-46(21-19-45)61-26-12-27-62-50(76)15-9-7-10-24-63-51(77)39-70-30-32-71(40-52(78)79)34-36-73(42-54(82)83)37-35-72(33-31-70)41-53(80)81/h4,6,8,13,16-23,48,55,61,74H,3,5,7,9-12,14-15,24-42H2,1-2H3,(H,62,76)(H,63,77)(H,64,75)(H,67,84)(H,68,85)(H,78,79)(H,80,81)(H,82,83)(H4,60,65,66,69,86)/b6-4-,13-8-/t48-,55+/m1/s1. The van der Waals surface area contributed by atoms with Gasteiger partial charge in [-0.25, -0.2) is 4.79 Å². The lowest BCUT2D eigenvalue weighted by Crippen LogP contribution is -2.49. The number of aliphatic imine (C=N–C) groups is 1. The van der Waals surface area contributed by atoms with Crippen molar-refractivity contribution >= 4 is 65.1 Å². The molecule has 1 saturated heterocycles. The van der Waals surface area contributed by atoms with Gasteiger partial charge in [0.1, 0.15) is 11.8 Å². The van der Waals surface area contributed by atoms with Crippen LogP contribution in [-0.2, 0) is 44.9 Å². The Bertz CT molecular complexity index is 2550. The van der Waals surface area contributed by atoms with Gasteiger partial charge in [-0.2, -0.15) is 4.99 Å². The predicted molar refractivity (Wildman–Crippen MR) is 326 cm³/mol. The van der Waals surface area contributed by atoms with Gasteiger partial charge in [-0.15, -0.1) is 0 Å². The molecule has 2 atom stereocenters. The first-order valence-corrected chi connectivity index (χ1v) is 29.1. The van der Waals surface area contributed by atoms with Crippen molar-refractivity contribution in [3.63, 3.8) is 0 Å². The number of urea groups is 1. The topological polar surface area (TPSA) is 382 Å². The van der Waals surface area contributed by atoms with E-state index in [-0.39, 0.29) is 114 Å². The summed E-state index contributed by atoms with van der Waals surface area (Å²) in [7, 11) is 0. The zero-order valence-corrected chi connectivity index (χ0v) is 49.7. The summed E-state index contributed by atoms with van der Waals surface area (Å²) >= 11 is 0. The van der Waals surface area contributed by atoms with Gasteiger partial charge in [-0.3, -0.25) is 58.0 Å². The Kier molecular flexibility index (Phi) is 34.8. The molecule has 2 aromatic rings. The van der Waals surface area contributed by atoms with Gasteiger partial charge in [-0.1, -0.05) is 68.5 Å². The molecule has 0 spiro atoms. The van der Waals surface area contributed by atoms with Gasteiger partial charge in [0, 0.05) is 117 Å². The van der Waals surface area contributed by atoms with Gasteiger partial charge in [0.2, 0.25) is 29.5 Å². The van der Waals surface area contributed by atoms with Gasteiger partial charge < -0.3 is 68.7 Å². The minimum atomic E-state index is -1.04. The van der Waals surface area contributed by atoms with Crippen LogP contribution in [0, 0.1) is 0 Å². The van der Waals surface area contributed by atoms with Crippen LogP contribution in [0.3, 0.4) is 0 Å². The fourth-order valence-corrected chi connectivity index (χ4v) is 8.87. The van der Waals surface area contributed by atoms with Crippen LogP contribution < -0.4 is 48.3 Å². The quantitative estimate of drug-likeness (QED) is 0.0196. The average molecular weight is 1200 g/mol. The number of anilines is 1. The van der Waals surface area contributed by atoms with E-state index in [4.69, 9.17) is 5.73 Å². The first-order chi connectivity index (χ1) is 41.2. The Labute approximate surface area is 503 Å². The molecule has 474 valence electrons. The summed E-state index contributed by atoms with van der Waals surface area (Å²) in [5.41, 5.74) is 8.52. The maximum Gasteiger partial charge on any atom is 0.344 e. The number of hydrogen-bond donors (Lipinski definition) is 13. The van der Waals surface area contributed by atoms with Crippen molar-refractivity contribution in [2.24, 2.45) is 10.7 Å². The second-order valence-corrected chi connectivity index (χ2v) is 20.5. The number of phenols is 1. The fraction of sp³-hybridized carbons (Fsp3) is 0.525. The monoisotopic (exact) mass is 1200 g/mol. The number of unbranched alkanes of at least 4 members (excludes halogenated alkanes) is 2. The molecular weight excluding hydrogens is 1110 g/mol. The van der Waals surface area contributed by atoms with Gasteiger partial charge in [0.05, 0.1) is 32.1 Å². The van der Waals surface area contributed by atoms with Gasteiger partial charge in [0.25, 0.3) is 0 Å². The molecule has 0 aliphatic carbocycles. The summed E-state index contributed by atoms with van der Waals surface area (Å²) in [6, 6.07) is 11.9. The van der Waals surface area contributed by atoms with Crippen molar-refractivity contribution in [3.8, 4) is 5.75 Å². The van der Waals surface area contributed by atoms with E-state index in [0.717, 1.165) is 11.3 Å². The molecular formula is C59H90N14O13. The maximum atomic E-state index is 14.3. The third-order valence-electron chi connectivity index (χ3n) is 13.6. The molecule has 1 aliphatic heterocycles. The highest BCUT2D eigenvalue weighted by Crippen LogP contribution is 2.27. The van der Waals surface area contributed by atoms with Crippen LogP contribution in [0.5, 0.6) is 5.75 Å². The van der Waals surface area contributed by atoms with Crippen molar-refractivity contribution < 1.29 is 63.6 Å². The van der Waals surface area contributed by atoms with E-state index in [2.05, 4.69) is 54.1 Å². The fourth-order valence-electron chi connectivity index (χ4n) is 8.87. The molecule has 1 aliphatic rings. The first-order valence-electron chi connectivity index (χ1n) is 29.1. The first kappa shape index (κ1) is 71.9. The molecule has 0 saturated carbocycles. The van der Waals surface area contributed by atoms with Crippen LogP contribution in [0.25, 0.3) is 0 Å². The lowest BCUT2D eigenvalue weighted by molar-refractivity contribution is -0.140. The molecule has 7 amide bonds. The summed E-state index contributed by atoms with van der Waals surface area (Å²) < 4.78 is 0. The van der Waals surface area contributed by atoms with Gasteiger partial charge >= 0.3 is 23.9 Å². The van der Waals surface area contributed by atoms with Crippen LogP contribution in [-0.4, -0.2) is 223 Å². The Morgan fingerprint density at radius 1 is 0.593 bits per heavy atom. The maximum absolute atomic E-state index is 14.3. The molecule has 0 unspecified atom stereocenters. The smallest absolute Gasteiger partial charge is 0.344 e. The third kappa shape index (κ3) is 32.0. The number of nitrogens with one attached hydrogen (secondary N) is 8. The molecule has 1 heterocycles. The number of allylic oxidation sites excluding steroid dienone is 4. The van der Waals surface area contributed by atoms with Crippen LogP contribution >= 0.6 is 0 Å². The van der Waals surface area contributed by atoms with Crippen LogP contribution in [0.4, 0.5) is 10.5 Å². The number of nitrogens with zero attached hydrogens (tertiary/aromatic N) is 5. The Morgan fingerprint density at radius 3 is 1.70 bits per heavy atom. The molecule has 0 aromatic heterocycles. The molecule has 3 rings (SSSR count). The van der Waals surface area contributed by atoms with E-state index >= 15 is 0 Å². The predicted octanol–water partition coefficient (Wildman–Crippen LogP) is 0.956. The lowest BCUT2D eigenvalue weighted by atomic mass is 9.90. The molecule has 0 radical (unpaired) electrons. The number of carboxylic acid groups (broad SMARTS) is 3. The van der Waals surface area contributed by atoms with Crippen molar-refractivity contribution in [1.29, 1.82) is 0 Å². The number of hydrogen-bond acceptors (Lipinski definition) is 15. The van der Waals surface area contributed by atoms with Crippen LogP contribution in [0.15, 0.2) is 90.0 Å². The number of guanidine groups is 1. The van der Waals surface area contributed by atoms with Crippen molar-refractivity contribution in [3.05, 3.63) is 96.1 Å². The van der Waals surface area contributed by atoms with E-state index in [0.29, 0.717) is 102 Å². The Hall–Kier alpha value is -8.40. The van der Waals surface area contributed by atoms with Gasteiger partial charge in [-0.05, 0) is 80.0 Å². The van der Waals surface area contributed by atoms with E-state index in [1.807, 2.05) is 30.0 Å². The summed E-state index contributed by atoms with van der Waals surface area (Å²) in [4.78, 5) is 123. The SMILES string of the molecule is C=C(/C=C\C=C/C)[C@H](C(=O)N[C@H](CCCN/C(N)=N\C(=O)NCCNC(=O)CC)C(=O)NCc1ccc(O)cc1)c1ccc(NCCCNC(=O)CCCCCNC(=O)CN2CCN(CC(=O)O)CCN(CC(=O)O)CCN(CC(=O)O)CC2)cc1. The van der Waals surface area contributed by atoms with Crippen LogP contribution in [0.1, 0.15) is 82.3 Å². The molecule has 27 heteroatoms. The number of carbonyl (C=O) groups excluding carboxylic acids is 6. The number of aromatic hydroxyl groups is 1. The Morgan fingerprint density at radius 2 is 1.13 bits per heavy atom. The van der Waals surface area contributed by atoms with E-state index in [9.17, 15) is 63.6 Å². The lowest BCUT2D eigenvalue weighted by Gasteiger charge is -2.32. The summed E-state index contributed by atoms with van der Waals surface area (Å²) in [6.07, 6.45) is 10.8. The second kappa shape index (κ2) is 41.6. The van der Waals surface area contributed by atoms with Crippen LogP contribution in [0.2, 0.25) is 0 Å². The number of amides is 7. The molecule has 0 bridgehead atoms. The number of benzene rings is 2. The molecule has 27 nitrogen and oxygen atoms in total. The normalized spacial score (nSPS) is 14.8. The summed E-state index contributed by atoms with van der Waals surface area (Å²) in [5, 5.41) is 61.1. The van der Waals surface area contributed by atoms with E-state index in [1.54, 1.807) is 64.1 Å². The second-order valence-electron chi connectivity index (χ2n) is 20.5. The highest BCUT2D eigenvalue weighted by atomic mass is 16.4. The number of carboxylic acids is 3.